The van der Waals surface area contributed by atoms with Gasteiger partial charge in [0.15, 0.2) is 0 Å². The number of ether oxygens (including phenoxy) is 4. The highest BCUT2D eigenvalue weighted by Crippen LogP contribution is 2.46. The third-order valence-electron chi connectivity index (χ3n) is 10.8. The fourth-order valence-electron chi connectivity index (χ4n) is 8.20. The molecule has 7 aromatic rings. The first-order chi connectivity index (χ1) is 30.2. The summed E-state index contributed by atoms with van der Waals surface area (Å²) in [5.41, 5.74) is 23.9. The van der Waals surface area contributed by atoms with Crippen molar-refractivity contribution < 1.29 is 18.9 Å². The summed E-state index contributed by atoms with van der Waals surface area (Å²) in [5.74, 6) is 2.18. The van der Waals surface area contributed by atoms with Crippen LogP contribution < -0.4 is 30.4 Å². The van der Waals surface area contributed by atoms with E-state index in [0.29, 0.717) is 113 Å². The topological polar surface area (TPSA) is 205 Å². The standard InChI is InChI=1S/C48H38N8O6/c1-59-39-7-5-8-40(60-2)47(39)45-35-15-11-31(51-35)43(25-19-27(49)23-28(50)20-25)32-12-16-36(52-32)46(48-41(61-3)9-6-10-42(48)62-4)38-18-14-34(54-38)44(33-13-17-37(45)53-33)26-21-29(55-57)24-30(22-26)56-58/h5-24,51,54H,49-50H2,1-4H3. The Labute approximate surface area is 354 Å². The van der Waals surface area contributed by atoms with E-state index >= 15 is 0 Å². The molecule has 0 atom stereocenters. The molecule has 5 heterocycles. The molecule has 14 heteroatoms. The Morgan fingerprint density at radius 1 is 0.435 bits per heavy atom. The van der Waals surface area contributed by atoms with Crippen molar-refractivity contribution in [2.24, 2.45) is 10.4 Å². The van der Waals surface area contributed by atoms with E-state index in [2.05, 4.69) is 20.3 Å². The average Bonchev–Trinajstić information content (AvgIpc) is 4.14. The molecule has 0 unspecified atom stereocenters. The summed E-state index contributed by atoms with van der Waals surface area (Å²) < 4.78 is 23.8. The number of rotatable bonds is 10. The fraction of sp³-hybridized carbons (Fsp3) is 0.0833. The molecular weight excluding hydrogens is 785 g/mol. The number of aromatic amines is 2. The highest BCUT2D eigenvalue weighted by atomic mass is 16.5. The van der Waals surface area contributed by atoms with Gasteiger partial charge in [-0.05, 0) is 131 Å². The molecule has 0 radical (unpaired) electrons. The van der Waals surface area contributed by atoms with Crippen molar-refractivity contribution >= 4 is 69.1 Å². The lowest BCUT2D eigenvalue weighted by molar-refractivity contribution is 0.397. The molecular formula is C48H38N8O6. The lowest BCUT2D eigenvalue weighted by Gasteiger charge is -2.14. The maximum Gasteiger partial charge on any atom is 0.130 e. The number of nitrogens with two attached hydrogens (primary N) is 2. The first kappa shape index (κ1) is 39.0. The Balaban J connectivity index is 1.54. The van der Waals surface area contributed by atoms with Crippen LogP contribution in [0.25, 0.3) is 90.9 Å². The van der Waals surface area contributed by atoms with Crippen LogP contribution in [0.4, 0.5) is 22.7 Å². The van der Waals surface area contributed by atoms with Gasteiger partial charge in [-0.1, -0.05) is 12.1 Å². The van der Waals surface area contributed by atoms with Crippen LogP contribution in [0.15, 0.2) is 107 Å². The van der Waals surface area contributed by atoms with Crippen molar-refractivity contribution in [2.75, 3.05) is 39.9 Å². The van der Waals surface area contributed by atoms with Gasteiger partial charge in [0.1, 0.15) is 34.4 Å². The molecule has 0 aliphatic carbocycles. The average molecular weight is 823 g/mol. The lowest BCUT2D eigenvalue weighted by atomic mass is 10.0. The predicted octanol–water partition coefficient (Wildman–Crippen LogP) is 11.3. The first-order valence-electron chi connectivity index (χ1n) is 19.3. The summed E-state index contributed by atoms with van der Waals surface area (Å²) in [4.78, 5) is 41.9. The minimum absolute atomic E-state index is 0.0220. The highest BCUT2D eigenvalue weighted by Gasteiger charge is 2.24. The third-order valence-corrected chi connectivity index (χ3v) is 10.8. The van der Waals surface area contributed by atoms with Gasteiger partial charge in [-0.3, -0.25) is 0 Å². The molecule has 2 aliphatic rings. The number of nitrogens with one attached hydrogen (secondary N) is 2. The van der Waals surface area contributed by atoms with Gasteiger partial charge in [-0.15, -0.1) is 9.81 Å². The molecule has 4 aromatic carbocycles. The van der Waals surface area contributed by atoms with Crippen LogP contribution >= 0.6 is 0 Å². The van der Waals surface area contributed by atoms with Crippen LogP contribution in [-0.2, 0) is 0 Å². The smallest absolute Gasteiger partial charge is 0.130 e. The summed E-state index contributed by atoms with van der Waals surface area (Å²) >= 11 is 0. The number of nitroso groups, excluding NO2 is 2. The zero-order chi connectivity index (χ0) is 43.1. The quantitative estimate of drug-likeness (QED) is 0.0758. The van der Waals surface area contributed by atoms with E-state index in [9.17, 15) is 9.81 Å². The SMILES string of the molecule is COc1cccc(OC)c1-c1c2nc(c(-c3cc(N=O)cc(N=O)c3)c3ccc([nH]3)c(-c3c(OC)cccc3OC)c3nc(c(-c4cc(N)cc(N)c4)c4ccc1[nH]4)C=C3)C=C2. The third kappa shape index (κ3) is 6.74. The molecule has 306 valence electrons. The lowest BCUT2D eigenvalue weighted by Crippen LogP contribution is -1.96. The Kier molecular flexibility index (Phi) is 10.0. The number of benzene rings is 4. The Morgan fingerprint density at radius 3 is 1.13 bits per heavy atom. The van der Waals surface area contributed by atoms with Crippen LogP contribution in [0.5, 0.6) is 23.0 Å². The molecule has 0 saturated carbocycles. The van der Waals surface area contributed by atoms with Crippen molar-refractivity contribution in [1.82, 2.24) is 19.9 Å². The molecule has 0 spiro atoms. The normalized spacial score (nSPS) is 11.7. The van der Waals surface area contributed by atoms with E-state index in [1.807, 2.05) is 97.1 Å². The number of hydrogen-bond acceptors (Lipinski definition) is 12. The number of aromatic nitrogens is 4. The Bertz CT molecular complexity index is 3080. The van der Waals surface area contributed by atoms with Gasteiger partial charge in [0.2, 0.25) is 0 Å². The molecule has 8 bridgehead atoms. The largest absolute Gasteiger partial charge is 0.496 e. The van der Waals surface area contributed by atoms with Crippen molar-refractivity contribution in [2.45, 2.75) is 0 Å². The van der Waals surface area contributed by atoms with Gasteiger partial charge in [0, 0.05) is 55.7 Å². The maximum atomic E-state index is 12.0. The summed E-state index contributed by atoms with van der Waals surface area (Å²) in [7, 11) is 6.39. The molecule has 2 aliphatic heterocycles. The van der Waals surface area contributed by atoms with E-state index in [1.54, 1.807) is 46.6 Å². The van der Waals surface area contributed by atoms with E-state index in [-0.39, 0.29) is 11.4 Å². The number of hydrogen-bond donors (Lipinski definition) is 4. The highest BCUT2D eigenvalue weighted by molar-refractivity contribution is 6.02. The molecule has 9 rings (SSSR count). The number of methoxy groups -OCH3 is 4. The number of nitrogen functional groups attached to an aromatic ring is 2. The summed E-state index contributed by atoms with van der Waals surface area (Å²) in [5, 5.41) is 6.33. The van der Waals surface area contributed by atoms with Crippen molar-refractivity contribution in [3.8, 4) is 67.5 Å². The van der Waals surface area contributed by atoms with Gasteiger partial charge in [0.25, 0.3) is 0 Å². The number of H-pyrrole nitrogens is 2. The predicted molar refractivity (Wildman–Crippen MR) is 247 cm³/mol. The zero-order valence-corrected chi connectivity index (χ0v) is 33.9. The van der Waals surface area contributed by atoms with Gasteiger partial charge in [0.05, 0.1) is 62.3 Å². The molecule has 62 heavy (non-hydrogen) atoms. The minimum Gasteiger partial charge on any atom is -0.496 e. The van der Waals surface area contributed by atoms with Gasteiger partial charge in [-0.25, -0.2) is 9.97 Å². The van der Waals surface area contributed by atoms with Crippen molar-refractivity contribution in [3.63, 3.8) is 0 Å². The fourth-order valence-corrected chi connectivity index (χ4v) is 8.20. The first-order valence-corrected chi connectivity index (χ1v) is 19.3. The van der Waals surface area contributed by atoms with Crippen molar-refractivity contribution in [3.05, 3.63) is 130 Å². The van der Waals surface area contributed by atoms with E-state index < -0.39 is 0 Å². The van der Waals surface area contributed by atoms with Crippen LogP contribution in [0.3, 0.4) is 0 Å². The Morgan fingerprint density at radius 2 is 0.774 bits per heavy atom. The minimum atomic E-state index is 0.0220. The monoisotopic (exact) mass is 822 g/mol. The van der Waals surface area contributed by atoms with Gasteiger partial charge in [-0.2, -0.15) is 0 Å². The molecule has 3 aromatic heterocycles. The zero-order valence-electron chi connectivity index (χ0n) is 33.9. The molecule has 0 fully saturated rings. The maximum absolute atomic E-state index is 12.0. The van der Waals surface area contributed by atoms with E-state index in [0.717, 1.165) is 11.1 Å². The van der Waals surface area contributed by atoms with Crippen LogP contribution in [0, 0.1) is 9.81 Å². The molecule has 0 saturated heterocycles. The van der Waals surface area contributed by atoms with Gasteiger partial charge >= 0.3 is 0 Å². The summed E-state index contributed by atoms with van der Waals surface area (Å²) in [6.45, 7) is 0. The van der Waals surface area contributed by atoms with Crippen molar-refractivity contribution in [1.29, 1.82) is 0 Å². The Hall–Kier alpha value is -8.52. The summed E-state index contributed by atoms with van der Waals surface area (Å²) in [6, 6.07) is 28.8. The number of fused-ring (bicyclic) bond motifs is 8. The number of nitrogens with zero attached hydrogens (tertiary/aromatic N) is 4. The number of anilines is 2. The second kappa shape index (κ2) is 15.9. The van der Waals surface area contributed by atoms with Crippen LogP contribution in [0.1, 0.15) is 22.8 Å². The molecule has 6 N–H and O–H groups in total. The second-order valence-electron chi connectivity index (χ2n) is 14.4. The summed E-state index contributed by atoms with van der Waals surface area (Å²) in [6.07, 6.45) is 7.64. The van der Waals surface area contributed by atoms with Crippen LogP contribution in [0.2, 0.25) is 0 Å². The molecule has 0 amide bonds. The molecule has 14 nitrogen and oxygen atoms in total. The second-order valence-corrected chi connectivity index (χ2v) is 14.4. The van der Waals surface area contributed by atoms with Gasteiger partial charge < -0.3 is 40.4 Å². The van der Waals surface area contributed by atoms with Crippen LogP contribution in [-0.4, -0.2) is 48.4 Å². The van der Waals surface area contributed by atoms with E-state index in [4.69, 9.17) is 40.4 Å². The van der Waals surface area contributed by atoms with E-state index in [1.165, 1.54) is 6.07 Å².